The molecular weight excluding hydrogens is 448 g/mol. The Kier molecular flexibility index (Phi) is 5.43. The number of pyridine rings is 1. The molecule has 0 spiro atoms. The zero-order valence-corrected chi connectivity index (χ0v) is 18.6. The average molecular weight is 467 g/mol. The Hall–Kier alpha value is -3.56. The molecule has 0 aliphatic carbocycles. The van der Waals surface area contributed by atoms with E-state index in [9.17, 15) is 9.18 Å². The predicted octanol–water partition coefficient (Wildman–Crippen LogP) is 5.11. The number of methoxy groups -OCH3 is 1. The first-order valence-electron chi connectivity index (χ1n) is 10.1. The third kappa shape index (κ3) is 3.69. The molecule has 0 saturated heterocycles. The van der Waals surface area contributed by atoms with Gasteiger partial charge in [-0.05, 0) is 29.1 Å². The molecule has 2 aromatic carbocycles. The van der Waals surface area contributed by atoms with E-state index >= 15 is 4.39 Å². The number of ether oxygens (including phenoxy) is 2. The molecule has 0 aliphatic heterocycles. The summed E-state index contributed by atoms with van der Waals surface area (Å²) in [4.78, 5) is 16.2. The summed E-state index contributed by atoms with van der Waals surface area (Å²) in [6.45, 7) is 0.319. The number of H-pyrrole nitrogens is 1. The maximum Gasteiger partial charge on any atom is 0.258 e. The molecule has 0 bridgehead atoms. The molecule has 3 heterocycles. The van der Waals surface area contributed by atoms with E-state index in [1.54, 1.807) is 10.9 Å². The molecule has 0 atom stereocenters. The van der Waals surface area contributed by atoms with Crippen LogP contribution < -0.4 is 10.3 Å². The van der Waals surface area contributed by atoms with Crippen molar-refractivity contribution in [3.8, 4) is 28.1 Å². The number of hydrogen-bond donors (Lipinski definition) is 1. The van der Waals surface area contributed by atoms with Crippen LogP contribution in [-0.4, -0.2) is 35.1 Å². The van der Waals surface area contributed by atoms with Gasteiger partial charge < -0.3 is 14.5 Å². The number of aromatic nitrogens is 3. The minimum atomic E-state index is -0.868. The zero-order valence-electron chi connectivity index (χ0n) is 17.8. The minimum Gasteiger partial charge on any atom is -0.490 e. The molecule has 5 aromatic rings. The van der Waals surface area contributed by atoms with Crippen LogP contribution >= 0.6 is 11.3 Å². The van der Waals surface area contributed by atoms with E-state index in [1.807, 2.05) is 36.7 Å². The Labute approximate surface area is 191 Å². The zero-order chi connectivity index (χ0) is 23.1. The highest BCUT2D eigenvalue weighted by Crippen LogP contribution is 2.40. The van der Waals surface area contributed by atoms with Gasteiger partial charge in [0.2, 0.25) is 0 Å². The highest BCUT2D eigenvalue weighted by molar-refractivity contribution is 7.17. The molecule has 0 fully saturated rings. The van der Waals surface area contributed by atoms with Gasteiger partial charge in [-0.15, -0.1) is 11.3 Å². The van der Waals surface area contributed by atoms with Gasteiger partial charge in [-0.2, -0.15) is 5.10 Å². The number of aryl methyl sites for hydroxylation is 1. The summed E-state index contributed by atoms with van der Waals surface area (Å²) in [5.74, 6) is -1.70. The largest absolute Gasteiger partial charge is 0.490 e. The van der Waals surface area contributed by atoms with Crippen molar-refractivity contribution in [3.63, 3.8) is 0 Å². The maximum atomic E-state index is 15.0. The van der Waals surface area contributed by atoms with Crippen molar-refractivity contribution >= 4 is 32.3 Å². The fourth-order valence-electron chi connectivity index (χ4n) is 3.96. The number of aromatic amines is 1. The van der Waals surface area contributed by atoms with Gasteiger partial charge in [0.1, 0.15) is 24.0 Å². The van der Waals surface area contributed by atoms with Gasteiger partial charge in [-0.3, -0.25) is 9.48 Å². The van der Waals surface area contributed by atoms with Crippen LogP contribution in [0.25, 0.3) is 43.4 Å². The van der Waals surface area contributed by atoms with Gasteiger partial charge in [0.25, 0.3) is 5.56 Å². The molecule has 0 aliphatic rings. The van der Waals surface area contributed by atoms with Crippen LogP contribution in [0.4, 0.5) is 8.78 Å². The fraction of sp³-hybridized carbons (Fsp3) is 0.167. The first-order valence-corrected chi connectivity index (χ1v) is 11.0. The summed E-state index contributed by atoms with van der Waals surface area (Å²) in [5, 5.41) is 7.78. The smallest absolute Gasteiger partial charge is 0.258 e. The molecular formula is C24H19F2N3O3S. The number of hydrogen-bond acceptors (Lipinski definition) is 5. The van der Waals surface area contributed by atoms with E-state index in [2.05, 4.69) is 10.1 Å². The fourth-order valence-corrected chi connectivity index (χ4v) is 4.91. The van der Waals surface area contributed by atoms with E-state index in [-0.39, 0.29) is 30.1 Å². The number of nitrogens with zero attached hydrogens (tertiary/aromatic N) is 2. The molecule has 6 nitrogen and oxygen atoms in total. The van der Waals surface area contributed by atoms with Gasteiger partial charge in [0.05, 0.1) is 35.1 Å². The molecule has 0 unspecified atom stereocenters. The van der Waals surface area contributed by atoms with E-state index < -0.39 is 17.2 Å². The third-order valence-electron chi connectivity index (χ3n) is 5.48. The Bertz CT molecular complexity index is 1550. The highest BCUT2D eigenvalue weighted by Gasteiger charge is 2.23. The van der Waals surface area contributed by atoms with Gasteiger partial charge in [0.15, 0.2) is 0 Å². The van der Waals surface area contributed by atoms with Crippen LogP contribution in [0.1, 0.15) is 0 Å². The second-order valence-corrected chi connectivity index (χ2v) is 8.43. The van der Waals surface area contributed by atoms with Crippen molar-refractivity contribution < 1.29 is 18.3 Å². The number of thiophene rings is 1. The standard InChI is InChI=1S/C24H19F2N3O3S/c1-29-18-4-3-13(9-14(18)12-27-29)22-16-5-8-33-23(16)21(24(30)28-22)20-17(26)10-15(25)11-19(20)32-7-6-31-2/h3-5,8-12H,6-7H2,1-2H3,(H,28,30). The van der Waals surface area contributed by atoms with Crippen molar-refractivity contribution in [1.29, 1.82) is 0 Å². The number of rotatable bonds is 6. The molecule has 3 aromatic heterocycles. The van der Waals surface area contributed by atoms with Crippen LogP contribution in [0.5, 0.6) is 5.75 Å². The predicted molar refractivity (Wildman–Crippen MR) is 125 cm³/mol. The maximum absolute atomic E-state index is 15.0. The quantitative estimate of drug-likeness (QED) is 0.352. The number of benzene rings is 2. The molecule has 168 valence electrons. The average Bonchev–Trinajstić information content (AvgIpc) is 3.41. The first-order chi connectivity index (χ1) is 16.0. The number of nitrogens with one attached hydrogen (secondary N) is 1. The lowest BCUT2D eigenvalue weighted by molar-refractivity contribution is 0.146. The van der Waals surface area contributed by atoms with Crippen LogP contribution in [0.2, 0.25) is 0 Å². The highest BCUT2D eigenvalue weighted by atomic mass is 32.1. The lowest BCUT2D eigenvalue weighted by atomic mass is 10.0. The molecule has 0 amide bonds. The summed E-state index contributed by atoms with van der Waals surface area (Å²) in [6, 6.07) is 9.49. The summed E-state index contributed by atoms with van der Waals surface area (Å²) < 4.78 is 41.9. The Morgan fingerprint density at radius 1 is 1.12 bits per heavy atom. The van der Waals surface area contributed by atoms with Crippen LogP contribution in [0, 0.1) is 11.6 Å². The molecule has 5 rings (SSSR count). The normalized spacial score (nSPS) is 11.5. The summed E-state index contributed by atoms with van der Waals surface area (Å²) in [5.41, 5.74) is 1.93. The molecule has 0 radical (unpaired) electrons. The van der Waals surface area contributed by atoms with Crippen molar-refractivity contribution in [3.05, 3.63) is 70.0 Å². The van der Waals surface area contributed by atoms with Crippen molar-refractivity contribution in [2.24, 2.45) is 7.05 Å². The Morgan fingerprint density at radius 3 is 2.79 bits per heavy atom. The van der Waals surface area contributed by atoms with E-state index in [4.69, 9.17) is 9.47 Å². The second kappa shape index (κ2) is 8.42. The number of halogens is 2. The van der Waals surface area contributed by atoms with Crippen LogP contribution in [0.15, 0.2) is 52.8 Å². The van der Waals surface area contributed by atoms with E-state index in [1.165, 1.54) is 18.4 Å². The SMILES string of the molecule is COCCOc1cc(F)cc(F)c1-c1c(=O)[nH]c(-c2ccc3c(cnn3C)c2)c2ccsc12. The topological polar surface area (TPSA) is 69.1 Å². The summed E-state index contributed by atoms with van der Waals surface area (Å²) >= 11 is 1.31. The van der Waals surface area contributed by atoms with E-state index in [0.29, 0.717) is 10.4 Å². The lowest BCUT2D eigenvalue weighted by Crippen LogP contribution is -2.13. The Morgan fingerprint density at radius 2 is 1.97 bits per heavy atom. The lowest BCUT2D eigenvalue weighted by Gasteiger charge is -2.14. The first kappa shape index (κ1) is 21.3. The Balaban J connectivity index is 1.72. The molecule has 9 heteroatoms. The van der Waals surface area contributed by atoms with Gasteiger partial charge >= 0.3 is 0 Å². The molecule has 33 heavy (non-hydrogen) atoms. The van der Waals surface area contributed by atoms with Crippen molar-refractivity contribution in [2.45, 2.75) is 0 Å². The minimum absolute atomic E-state index is 0.0470. The monoisotopic (exact) mass is 467 g/mol. The van der Waals surface area contributed by atoms with Gasteiger partial charge in [-0.1, -0.05) is 6.07 Å². The van der Waals surface area contributed by atoms with Crippen molar-refractivity contribution in [1.82, 2.24) is 14.8 Å². The second-order valence-electron chi connectivity index (χ2n) is 7.51. The van der Waals surface area contributed by atoms with Gasteiger partial charge in [-0.25, -0.2) is 8.78 Å². The summed E-state index contributed by atoms with van der Waals surface area (Å²) in [7, 11) is 3.36. The van der Waals surface area contributed by atoms with Crippen LogP contribution in [0.3, 0.4) is 0 Å². The van der Waals surface area contributed by atoms with E-state index in [0.717, 1.165) is 34.0 Å². The van der Waals surface area contributed by atoms with Crippen molar-refractivity contribution in [2.75, 3.05) is 20.3 Å². The molecule has 1 N–H and O–H groups in total. The summed E-state index contributed by atoms with van der Waals surface area (Å²) in [6.07, 6.45) is 1.76. The number of fused-ring (bicyclic) bond motifs is 2. The van der Waals surface area contributed by atoms with Gasteiger partial charge in [0, 0.05) is 41.8 Å². The molecule has 0 saturated carbocycles. The van der Waals surface area contributed by atoms with Crippen LogP contribution in [-0.2, 0) is 11.8 Å². The third-order valence-corrected chi connectivity index (χ3v) is 6.41.